The summed E-state index contributed by atoms with van der Waals surface area (Å²) < 4.78 is 0. The molecule has 0 aromatic rings. The van der Waals surface area contributed by atoms with Crippen molar-refractivity contribution >= 4 is 11.8 Å². The second-order valence-corrected chi connectivity index (χ2v) is 11.9. The van der Waals surface area contributed by atoms with Gasteiger partial charge in [0.05, 0.1) is 6.10 Å². The smallest absolute Gasteiger partial charge is 0.303 e. The number of carboxylic acid groups (broad SMARTS) is 1. The zero-order valence-corrected chi connectivity index (χ0v) is 19.8. The first-order valence-corrected chi connectivity index (χ1v) is 12.7. The highest BCUT2D eigenvalue weighted by molar-refractivity contribution is 5.87. The average molecular weight is 431 g/mol. The van der Waals surface area contributed by atoms with Crippen LogP contribution in [0.2, 0.25) is 0 Å². The summed E-state index contributed by atoms with van der Waals surface area (Å²) in [7, 11) is 0. The molecule has 4 heteroatoms. The zero-order valence-electron chi connectivity index (χ0n) is 19.8. The molecule has 0 spiro atoms. The SMILES string of the molecule is CC=CC1C(=O)[C@@H]2[C@H](CC[C@]3(C)[C@@H]([C@H](C)CCC(=O)O)CC[C@@H]23)[C@@]2(C)CC[C@@H](O)C[C@@H]12. The molecule has 1 unspecified atom stereocenters. The second kappa shape index (κ2) is 8.32. The molecule has 0 heterocycles. The minimum absolute atomic E-state index is 0.0583. The molecular weight excluding hydrogens is 388 g/mol. The van der Waals surface area contributed by atoms with Gasteiger partial charge >= 0.3 is 5.97 Å². The molecule has 174 valence electrons. The lowest BCUT2D eigenvalue weighted by Gasteiger charge is -2.62. The molecule has 0 bridgehead atoms. The minimum Gasteiger partial charge on any atom is -0.481 e. The Labute approximate surface area is 187 Å². The lowest BCUT2D eigenvalue weighted by atomic mass is 9.42. The van der Waals surface area contributed by atoms with Gasteiger partial charge < -0.3 is 10.2 Å². The topological polar surface area (TPSA) is 74.6 Å². The number of Topliss-reactive ketones (excluding diaryl/α,β-unsaturated/α-hetero) is 1. The van der Waals surface area contributed by atoms with Gasteiger partial charge in [0.15, 0.2) is 0 Å². The molecule has 0 radical (unpaired) electrons. The standard InChI is InChI=1S/C27H42O4/c1-5-6-18-22-15-17(28)11-13-27(22,4)21-12-14-26(3)19(16(2)7-10-23(29)30)8-9-20(26)24(21)25(18)31/h5-6,16-22,24,28H,7-15H2,1-4H3,(H,29,30)/t16-,17-,18?,19-,20+,21+,22+,24+,26-,27-/m1/s1. The number of allylic oxidation sites excluding steroid dienone is 2. The number of hydrogen-bond donors (Lipinski definition) is 2. The lowest BCUT2D eigenvalue weighted by Crippen LogP contribution is -2.60. The fourth-order valence-electron chi connectivity index (χ4n) is 9.02. The number of aliphatic carboxylic acids is 1. The molecular formula is C27H42O4. The Kier molecular flexibility index (Phi) is 6.17. The van der Waals surface area contributed by atoms with Crippen LogP contribution in [0.4, 0.5) is 0 Å². The van der Waals surface area contributed by atoms with Gasteiger partial charge in [-0.15, -0.1) is 0 Å². The third kappa shape index (κ3) is 3.61. The van der Waals surface area contributed by atoms with E-state index in [2.05, 4.69) is 26.8 Å². The van der Waals surface area contributed by atoms with Gasteiger partial charge in [-0.1, -0.05) is 32.9 Å². The number of carbonyl (C=O) groups excluding carboxylic acids is 1. The molecule has 0 aromatic heterocycles. The molecule has 4 saturated carbocycles. The van der Waals surface area contributed by atoms with E-state index < -0.39 is 5.97 Å². The van der Waals surface area contributed by atoms with Crippen molar-refractivity contribution in [3.63, 3.8) is 0 Å². The monoisotopic (exact) mass is 430 g/mol. The van der Waals surface area contributed by atoms with E-state index in [0.29, 0.717) is 29.5 Å². The van der Waals surface area contributed by atoms with Crippen LogP contribution in [0.3, 0.4) is 0 Å². The molecule has 31 heavy (non-hydrogen) atoms. The first-order valence-electron chi connectivity index (χ1n) is 12.7. The van der Waals surface area contributed by atoms with Crippen LogP contribution in [0.5, 0.6) is 0 Å². The summed E-state index contributed by atoms with van der Waals surface area (Å²) in [6.07, 6.45) is 12.1. The van der Waals surface area contributed by atoms with Gasteiger partial charge in [0.1, 0.15) is 5.78 Å². The van der Waals surface area contributed by atoms with Crippen molar-refractivity contribution in [2.45, 2.75) is 91.6 Å². The second-order valence-electron chi connectivity index (χ2n) is 11.9. The van der Waals surface area contributed by atoms with Crippen LogP contribution in [0.1, 0.15) is 85.5 Å². The van der Waals surface area contributed by atoms with Crippen LogP contribution in [0.25, 0.3) is 0 Å². The highest BCUT2D eigenvalue weighted by Gasteiger charge is 2.64. The molecule has 10 atom stereocenters. The summed E-state index contributed by atoms with van der Waals surface area (Å²) in [6.45, 7) is 9.09. The summed E-state index contributed by atoms with van der Waals surface area (Å²) in [4.78, 5) is 25.2. The average Bonchev–Trinajstić information content (AvgIpc) is 3.07. The Morgan fingerprint density at radius 3 is 2.45 bits per heavy atom. The summed E-state index contributed by atoms with van der Waals surface area (Å²) in [5.41, 5.74) is 0.281. The first-order chi connectivity index (χ1) is 14.6. The normalized spacial score (nSPS) is 48.2. The highest BCUT2D eigenvalue weighted by atomic mass is 16.4. The molecule has 4 aliphatic rings. The van der Waals surface area contributed by atoms with Gasteiger partial charge in [0, 0.05) is 18.3 Å². The van der Waals surface area contributed by atoms with Gasteiger partial charge in [-0.25, -0.2) is 0 Å². The van der Waals surface area contributed by atoms with Gasteiger partial charge in [0.2, 0.25) is 0 Å². The molecule has 4 rings (SSSR count). The van der Waals surface area contributed by atoms with Crippen molar-refractivity contribution < 1.29 is 19.8 Å². The number of aliphatic hydroxyl groups excluding tert-OH is 1. The van der Waals surface area contributed by atoms with E-state index in [0.717, 1.165) is 51.4 Å². The molecule has 4 aliphatic carbocycles. The number of ketones is 1. The largest absolute Gasteiger partial charge is 0.481 e. The number of rotatable bonds is 5. The quantitative estimate of drug-likeness (QED) is 0.566. The van der Waals surface area contributed by atoms with Crippen LogP contribution in [0, 0.1) is 52.3 Å². The van der Waals surface area contributed by atoms with Crippen molar-refractivity contribution in [2.75, 3.05) is 0 Å². The van der Waals surface area contributed by atoms with Gasteiger partial charge in [0.25, 0.3) is 0 Å². The van der Waals surface area contributed by atoms with Crippen molar-refractivity contribution in [2.24, 2.45) is 52.3 Å². The van der Waals surface area contributed by atoms with Crippen LogP contribution >= 0.6 is 0 Å². The number of carboxylic acids is 1. The first kappa shape index (κ1) is 23.0. The molecule has 0 aliphatic heterocycles. The van der Waals surface area contributed by atoms with Crippen molar-refractivity contribution in [3.05, 3.63) is 12.2 Å². The van der Waals surface area contributed by atoms with E-state index in [-0.39, 0.29) is 41.1 Å². The maximum absolute atomic E-state index is 14.0. The van der Waals surface area contributed by atoms with Crippen LogP contribution < -0.4 is 0 Å². The summed E-state index contributed by atoms with van der Waals surface area (Å²) in [6, 6.07) is 0. The van der Waals surface area contributed by atoms with Gasteiger partial charge in [-0.2, -0.15) is 0 Å². The summed E-state index contributed by atoms with van der Waals surface area (Å²) >= 11 is 0. The number of hydrogen-bond acceptors (Lipinski definition) is 3. The third-order valence-electron chi connectivity index (χ3n) is 10.6. The number of carbonyl (C=O) groups is 2. The van der Waals surface area contributed by atoms with E-state index in [1.165, 1.54) is 0 Å². The van der Waals surface area contributed by atoms with Gasteiger partial charge in [-0.3, -0.25) is 9.59 Å². The predicted molar refractivity (Wildman–Crippen MR) is 121 cm³/mol. The molecule has 0 saturated heterocycles. The van der Waals surface area contributed by atoms with Crippen molar-refractivity contribution in [3.8, 4) is 0 Å². The fourth-order valence-corrected chi connectivity index (χ4v) is 9.02. The Bertz CT molecular complexity index is 744. The Morgan fingerprint density at radius 2 is 1.77 bits per heavy atom. The molecule has 0 aromatic carbocycles. The maximum atomic E-state index is 14.0. The molecule has 2 N–H and O–H groups in total. The molecule has 4 fully saturated rings. The lowest BCUT2D eigenvalue weighted by molar-refractivity contribution is -0.168. The minimum atomic E-state index is -0.703. The predicted octanol–water partition coefficient (Wildman–Crippen LogP) is 5.49. The van der Waals surface area contributed by atoms with E-state index in [1.54, 1.807) is 0 Å². The number of fused-ring (bicyclic) bond motifs is 5. The van der Waals surface area contributed by atoms with Crippen molar-refractivity contribution in [1.82, 2.24) is 0 Å². The summed E-state index contributed by atoms with van der Waals surface area (Å²) in [5, 5.41) is 19.6. The zero-order chi connectivity index (χ0) is 22.6. The Balaban J connectivity index is 1.65. The van der Waals surface area contributed by atoms with E-state index >= 15 is 0 Å². The third-order valence-corrected chi connectivity index (χ3v) is 10.6. The Hall–Kier alpha value is -1.16. The Morgan fingerprint density at radius 1 is 1.10 bits per heavy atom. The van der Waals surface area contributed by atoms with Crippen LogP contribution in [-0.2, 0) is 9.59 Å². The molecule has 4 nitrogen and oxygen atoms in total. The fraction of sp³-hybridized carbons (Fsp3) is 0.852. The van der Waals surface area contributed by atoms with E-state index in [1.807, 2.05) is 13.0 Å². The number of aliphatic hydroxyl groups is 1. The van der Waals surface area contributed by atoms with Crippen LogP contribution in [0.15, 0.2) is 12.2 Å². The molecule has 0 amide bonds. The summed E-state index contributed by atoms with van der Waals surface area (Å²) in [5.74, 6) is 1.84. The van der Waals surface area contributed by atoms with Crippen molar-refractivity contribution in [1.29, 1.82) is 0 Å². The van der Waals surface area contributed by atoms with Crippen LogP contribution in [-0.4, -0.2) is 28.1 Å². The van der Waals surface area contributed by atoms with E-state index in [4.69, 9.17) is 5.11 Å². The van der Waals surface area contributed by atoms with E-state index in [9.17, 15) is 14.7 Å². The highest BCUT2D eigenvalue weighted by Crippen LogP contribution is 2.68. The maximum Gasteiger partial charge on any atom is 0.303 e. The van der Waals surface area contributed by atoms with Gasteiger partial charge in [-0.05, 0) is 98.7 Å².